The van der Waals surface area contributed by atoms with Gasteiger partial charge in [0.15, 0.2) is 5.76 Å². The number of allylic oxidation sites excluding steroid dienone is 2. The predicted octanol–water partition coefficient (Wildman–Crippen LogP) is 6.89. The van der Waals surface area contributed by atoms with Crippen LogP contribution in [-0.2, 0) is 14.9 Å². The van der Waals surface area contributed by atoms with Crippen molar-refractivity contribution in [2.45, 2.75) is 52.1 Å². The second kappa shape index (κ2) is 10.2. The Hall–Kier alpha value is -4.13. The fraction of sp³-hybridized carbons (Fsp3) is 0.276. The highest BCUT2D eigenvalue weighted by molar-refractivity contribution is 5.91. The lowest BCUT2D eigenvalue weighted by Crippen LogP contribution is -2.21. The molecule has 0 unspecified atom stereocenters. The Kier molecular flexibility index (Phi) is 7.10. The first-order valence-electron chi connectivity index (χ1n) is 12.0. The van der Waals surface area contributed by atoms with E-state index in [1.807, 2.05) is 87.5 Å². The number of amides is 1. The number of carbonyl (C=O) groups excluding carboxylic acids is 1. The molecule has 1 aliphatic rings. The molecule has 1 atom stereocenters. The number of nitrogens with one attached hydrogen (secondary N) is 1. The molecule has 0 spiro atoms. The minimum Gasteiger partial charge on any atom is -0.481 e. The zero-order valence-corrected chi connectivity index (χ0v) is 20.9. The number of benzene rings is 2. The SMILES string of the molecule is C/C=C\C(=C/C)[C@@H](C)OC(=O)Nc1c(C)noc1-c1ccc(-c2ccc(C3(C(=O)O)CC3)cc2)cc1. The van der Waals surface area contributed by atoms with Gasteiger partial charge >= 0.3 is 12.1 Å². The fourth-order valence-corrected chi connectivity index (χ4v) is 4.28. The van der Waals surface area contributed by atoms with Crippen molar-refractivity contribution in [3.8, 4) is 22.5 Å². The number of aromatic nitrogens is 1. The van der Waals surface area contributed by atoms with Crippen LogP contribution in [0, 0.1) is 6.92 Å². The number of hydrogen-bond acceptors (Lipinski definition) is 5. The average molecular weight is 487 g/mol. The maximum absolute atomic E-state index is 12.6. The first kappa shape index (κ1) is 25.0. The number of ether oxygens (including phenoxy) is 1. The Bertz CT molecular complexity index is 1310. The number of carboxylic acid groups (broad SMARTS) is 1. The Balaban J connectivity index is 1.49. The van der Waals surface area contributed by atoms with Crippen LogP contribution in [0.2, 0.25) is 0 Å². The van der Waals surface area contributed by atoms with Crippen molar-refractivity contribution < 1.29 is 24.0 Å². The van der Waals surface area contributed by atoms with Gasteiger partial charge in [-0.1, -0.05) is 71.9 Å². The summed E-state index contributed by atoms with van der Waals surface area (Å²) in [6.45, 7) is 7.37. The summed E-state index contributed by atoms with van der Waals surface area (Å²) >= 11 is 0. The quantitative estimate of drug-likeness (QED) is 0.336. The van der Waals surface area contributed by atoms with Crippen LogP contribution in [0.25, 0.3) is 22.5 Å². The molecule has 1 aromatic heterocycles. The molecule has 1 amide bonds. The van der Waals surface area contributed by atoms with E-state index < -0.39 is 23.6 Å². The second-order valence-corrected chi connectivity index (χ2v) is 8.98. The second-order valence-electron chi connectivity index (χ2n) is 8.98. The molecule has 1 fully saturated rings. The highest BCUT2D eigenvalue weighted by Gasteiger charge is 2.51. The third-order valence-electron chi connectivity index (χ3n) is 6.61. The molecular weight excluding hydrogens is 456 g/mol. The van der Waals surface area contributed by atoms with E-state index in [-0.39, 0.29) is 0 Å². The van der Waals surface area contributed by atoms with Crippen LogP contribution in [0.1, 0.15) is 44.9 Å². The summed E-state index contributed by atoms with van der Waals surface area (Å²) in [5.74, 6) is -0.319. The highest BCUT2D eigenvalue weighted by atomic mass is 16.6. The molecule has 3 aromatic rings. The summed E-state index contributed by atoms with van der Waals surface area (Å²) < 4.78 is 11.1. The van der Waals surface area contributed by atoms with E-state index in [9.17, 15) is 14.7 Å². The summed E-state index contributed by atoms with van der Waals surface area (Å²) in [4.78, 5) is 24.2. The van der Waals surface area contributed by atoms with Crippen LogP contribution >= 0.6 is 0 Å². The van der Waals surface area contributed by atoms with Crippen molar-refractivity contribution in [3.63, 3.8) is 0 Å². The Labute approximate surface area is 210 Å². The van der Waals surface area contributed by atoms with Gasteiger partial charge in [-0.25, -0.2) is 4.79 Å². The number of rotatable bonds is 8. The third kappa shape index (κ3) is 4.96. The molecule has 4 rings (SSSR count). The lowest BCUT2D eigenvalue weighted by atomic mass is 9.93. The largest absolute Gasteiger partial charge is 0.481 e. The van der Waals surface area contributed by atoms with Gasteiger partial charge in [-0.2, -0.15) is 0 Å². The van der Waals surface area contributed by atoms with E-state index >= 15 is 0 Å². The van der Waals surface area contributed by atoms with E-state index in [0.717, 1.165) is 27.8 Å². The van der Waals surface area contributed by atoms with Gasteiger partial charge in [0.1, 0.15) is 17.5 Å². The maximum Gasteiger partial charge on any atom is 0.412 e. The smallest absolute Gasteiger partial charge is 0.412 e. The van der Waals surface area contributed by atoms with Crippen molar-refractivity contribution in [2.24, 2.45) is 0 Å². The topological polar surface area (TPSA) is 102 Å². The first-order chi connectivity index (χ1) is 17.3. The van der Waals surface area contributed by atoms with Crippen LogP contribution in [0.15, 0.2) is 76.9 Å². The molecule has 7 nitrogen and oxygen atoms in total. The van der Waals surface area contributed by atoms with Gasteiger partial charge < -0.3 is 14.4 Å². The summed E-state index contributed by atoms with van der Waals surface area (Å²) in [5, 5.41) is 16.3. The lowest BCUT2D eigenvalue weighted by Gasteiger charge is -2.15. The van der Waals surface area contributed by atoms with E-state index in [1.165, 1.54) is 0 Å². The molecule has 0 bridgehead atoms. The summed E-state index contributed by atoms with van der Waals surface area (Å²) in [5.41, 5.74) is 4.75. The molecule has 1 aliphatic carbocycles. The predicted molar refractivity (Wildman–Crippen MR) is 139 cm³/mol. The van der Waals surface area contributed by atoms with Gasteiger partial charge in [-0.05, 0) is 62.8 Å². The monoisotopic (exact) mass is 486 g/mol. The Morgan fingerprint density at radius 1 is 1.06 bits per heavy atom. The summed E-state index contributed by atoms with van der Waals surface area (Å²) in [7, 11) is 0. The highest BCUT2D eigenvalue weighted by Crippen LogP contribution is 2.48. The number of nitrogens with zero attached hydrogens (tertiary/aromatic N) is 1. The van der Waals surface area contributed by atoms with E-state index in [2.05, 4.69) is 10.5 Å². The number of carbonyl (C=O) groups is 2. The van der Waals surface area contributed by atoms with Gasteiger partial charge in [0, 0.05) is 5.56 Å². The van der Waals surface area contributed by atoms with Crippen LogP contribution < -0.4 is 5.32 Å². The summed E-state index contributed by atoms with van der Waals surface area (Å²) in [6, 6.07) is 15.4. The van der Waals surface area contributed by atoms with Crippen molar-refractivity contribution in [1.82, 2.24) is 5.16 Å². The number of carboxylic acids is 1. The molecule has 186 valence electrons. The minimum absolute atomic E-state index is 0.411. The van der Waals surface area contributed by atoms with E-state index in [0.29, 0.717) is 30.0 Å². The molecule has 1 saturated carbocycles. The number of aliphatic carboxylic acids is 1. The van der Waals surface area contributed by atoms with Crippen LogP contribution in [0.4, 0.5) is 10.5 Å². The van der Waals surface area contributed by atoms with Crippen LogP contribution in [0.5, 0.6) is 0 Å². The Morgan fingerprint density at radius 3 is 2.17 bits per heavy atom. The molecule has 2 N–H and O–H groups in total. The van der Waals surface area contributed by atoms with Crippen molar-refractivity contribution in [1.29, 1.82) is 0 Å². The van der Waals surface area contributed by atoms with Crippen molar-refractivity contribution in [2.75, 3.05) is 5.32 Å². The third-order valence-corrected chi connectivity index (χ3v) is 6.61. The van der Waals surface area contributed by atoms with Crippen LogP contribution in [-0.4, -0.2) is 28.4 Å². The van der Waals surface area contributed by atoms with Gasteiger partial charge in [0.05, 0.1) is 5.41 Å². The molecule has 1 heterocycles. The fourth-order valence-electron chi connectivity index (χ4n) is 4.28. The van der Waals surface area contributed by atoms with Crippen molar-refractivity contribution >= 4 is 17.7 Å². The molecule has 7 heteroatoms. The molecule has 2 aromatic carbocycles. The first-order valence-corrected chi connectivity index (χ1v) is 12.0. The molecule has 36 heavy (non-hydrogen) atoms. The molecule has 0 radical (unpaired) electrons. The van der Waals surface area contributed by atoms with E-state index in [1.54, 1.807) is 6.92 Å². The Morgan fingerprint density at radius 2 is 1.64 bits per heavy atom. The van der Waals surface area contributed by atoms with Crippen molar-refractivity contribution in [3.05, 3.63) is 83.6 Å². The number of anilines is 1. The molecular formula is C29H30N2O5. The van der Waals surface area contributed by atoms with E-state index in [4.69, 9.17) is 9.26 Å². The van der Waals surface area contributed by atoms with Gasteiger partial charge in [-0.15, -0.1) is 0 Å². The average Bonchev–Trinajstić information content (AvgIpc) is 3.62. The molecule has 0 saturated heterocycles. The normalized spacial score (nSPS) is 15.5. The standard InChI is InChI=1S/C29H30N2O5/c1-5-7-20(6-2)19(4)35-28(34)30-25-18(3)31-36-26(25)23-10-8-21(9-11-23)22-12-14-24(15-13-22)29(16-17-29)27(32)33/h5-15,19H,16-17H2,1-4H3,(H,30,34)(H,32,33)/b7-5-,20-6+/t19-/m1/s1. The maximum atomic E-state index is 12.6. The number of hydrogen-bond donors (Lipinski definition) is 2. The summed E-state index contributed by atoms with van der Waals surface area (Å²) in [6.07, 6.45) is 6.06. The zero-order chi connectivity index (χ0) is 25.9. The molecule has 0 aliphatic heterocycles. The van der Waals surface area contributed by atoms with Gasteiger partial charge in [0.25, 0.3) is 0 Å². The lowest BCUT2D eigenvalue weighted by molar-refractivity contribution is -0.140. The van der Waals surface area contributed by atoms with Gasteiger partial charge in [0.2, 0.25) is 0 Å². The zero-order valence-electron chi connectivity index (χ0n) is 20.9. The number of aryl methyl sites for hydroxylation is 1. The van der Waals surface area contributed by atoms with Crippen LogP contribution in [0.3, 0.4) is 0 Å². The van der Waals surface area contributed by atoms with Gasteiger partial charge in [-0.3, -0.25) is 10.1 Å². The minimum atomic E-state index is -0.759.